The Kier molecular flexibility index (Phi) is 14.1. The summed E-state index contributed by atoms with van der Waals surface area (Å²) in [6.07, 6.45) is 35.7. The maximum absolute atomic E-state index is 2.42. The molecule has 4 rings (SSSR count). The van der Waals surface area contributed by atoms with Gasteiger partial charge in [-0.1, -0.05) is 141 Å². The third kappa shape index (κ3) is 7.00. The largest absolute Gasteiger partial charge is 0.0740 e. The van der Waals surface area contributed by atoms with E-state index in [-0.39, 0.29) is 50.4 Å². The van der Waals surface area contributed by atoms with Crippen molar-refractivity contribution in [1.82, 2.24) is 0 Å². The molecule has 4 aliphatic rings. The minimum Gasteiger partial charge on any atom is -0.0740 e. The van der Waals surface area contributed by atoms with Crippen LogP contribution in [0.25, 0.3) is 0 Å². The van der Waals surface area contributed by atoms with Gasteiger partial charge in [0.2, 0.25) is 0 Å². The summed E-state index contributed by atoms with van der Waals surface area (Å²) >= 11 is 0. The molecule has 4 aliphatic carbocycles. The molecule has 168 valence electrons. The molecule has 0 aromatic rings. The molecule has 0 radical (unpaired) electrons. The van der Waals surface area contributed by atoms with Crippen molar-refractivity contribution in [3.05, 3.63) is 48.6 Å². The summed E-state index contributed by atoms with van der Waals surface area (Å²) in [5, 5.41) is 0. The summed E-state index contributed by atoms with van der Waals surface area (Å²) in [6.45, 7) is 9.43. The molecule has 0 spiro atoms. The van der Waals surface area contributed by atoms with Crippen molar-refractivity contribution in [1.29, 1.82) is 0 Å². The van der Waals surface area contributed by atoms with Crippen molar-refractivity contribution >= 4 is 0 Å². The van der Waals surface area contributed by atoms with Gasteiger partial charge < -0.3 is 0 Å². The fourth-order valence-electron chi connectivity index (χ4n) is 5.41. The van der Waals surface area contributed by atoms with Crippen LogP contribution < -0.4 is 0 Å². The summed E-state index contributed by atoms with van der Waals surface area (Å²) in [7, 11) is 0. The SMILES string of the molecule is C1CCCC1.C1CCCC1.CCC1(C(C)(C)C2(CC)C=CC=C2)C=CC=C1.[Fe].[Fe]. The Morgan fingerprint density at radius 2 is 0.724 bits per heavy atom. The third-order valence-corrected chi connectivity index (χ3v) is 7.79. The zero-order valence-electron chi connectivity index (χ0n) is 19.3. The minimum absolute atomic E-state index is 0. The van der Waals surface area contributed by atoms with E-state index < -0.39 is 0 Å². The number of hydrogen-bond donors (Lipinski definition) is 0. The van der Waals surface area contributed by atoms with Gasteiger partial charge in [-0.25, -0.2) is 0 Å². The maximum atomic E-state index is 2.42. The molecule has 2 fully saturated rings. The maximum Gasteiger partial charge on any atom is 0.0127 e. The summed E-state index contributed by atoms with van der Waals surface area (Å²) in [4.78, 5) is 0. The Morgan fingerprint density at radius 3 is 0.897 bits per heavy atom. The van der Waals surface area contributed by atoms with Crippen molar-refractivity contribution < 1.29 is 34.1 Å². The van der Waals surface area contributed by atoms with Crippen LogP contribution in [0.2, 0.25) is 0 Å². The van der Waals surface area contributed by atoms with E-state index in [0.717, 1.165) is 12.8 Å². The summed E-state index contributed by atoms with van der Waals surface area (Å²) in [5.41, 5.74) is 0.598. The molecule has 0 unspecified atom stereocenters. The van der Waals surface area contributed by atoms with Gasteiger partial charge in [0.1, 0.15) is 0 Å². The first-order chi connectivity index (χ1) is 13.0. The Balaban J connectivity index is 0.000000537. The third-order valence-electron chi connectivity index (χ3n) is 7.79. The van der Waals surface area contributed by atoms with Gasteiger partial charge in [-0.05, 0) is 18.3 Å². The van der Waals surface area contributed by atoms with Crippen LogP contribution in [0.4, 0.5) is 0 Å². The van der Waals surface area contributed by atoms with Gasteiger partial charge in [0.25, 0.3) is 0 Å². The number of rotatable bonds is 4. The molecule has 0 saturated heterocycles. The zero-order chi connectivity index (χ0) is 19.6. The Bertz CT molecular complexity index is 456. The second kappa shape index (κ2) is 14.1. The predicted molar refractivity (Wildman–Crippen MR) is 122 cm³/mol. The van der Waals surface area contributed by atoms with Crippen LogP contribution in [0.5, 0.6) is 0 Å². The van der Waals surface area contributed by atoms with Crippen molar-refractivity contribution in [3.8, 4) is 0 Å². The molecule has 0 bridgehead atoms. The van der Waals surface area contributed by atoms with E-state index in [1.54, 1.807) is 0 Å². The zero-order valence-corrected chi connectivity index (χ0v) is 21.5. The molecule has 2 heteroatoms. The molecular formula is C27H44Fe2. The number of allylic oxidation sites excluding steroid dienone is 8. The molecular weight excluding hydrogens is 436 g/mol. The van der Waals surface area contributed by atoms with Crippen LogP contribution in [0.1, 0.15) is 105 Å². The molecule has 0 amide bonds. The van der Waals surface area contributed by atoms with Crippen LogP contribution in [0.15, 0.2) is 48.6 Å². The first kappa shape index (κ1) is 29.0. The van der Waals surface area contributed by atoms with Gasteiger partial charge in [-0.2, -0.15) is 0 Å². The van der Waals surface area contributed by atoms with Crippen LogP contribution in [0, 0.1) is 16.2 Å². The van der Waals surface area contributed by atoms with E-state index in [0.29, 0.717) is 0 Å². The van der Waals surface area contributed by atoms with E-state index in [1.807, 2.05) is 0 Å². The Hall–Kier alpha value is -0.00104. The van der Waals surface area contributed by atoms with Gasteiger partial charge in [0.05, 0.1) is 0 Å². The smallest absolute Gasteiger partial charge is 0.0127 e. The first-order valence-corrected chi connectivity index (χ1v) is 11.8. The van der Waals surface area contributed by atoms with Crippen molar-refractivity contribution in [3.63, 3.8) is 0 Å². The average Bonchev–Trinajstić information content (AvgIpc) is 3.49. The molecule has 0 N–H and O–H groups in total. The van der Waals surface area contributed by atoms with Gasteiger partial charge in [-0.15, -0.1) is 0 Å². The van der Waals surface area contributed by atoms with Gasteiger partial charge >= 0.3 is 0 Å². The van der Waals surface area contributed by atoms with E-state index >= 15 is 0 Å². The molecule has 2 saturated carbocycles. The molecule has 0 aromatic carbocycles. The fraction of sp³-hybridized carbons (Fsp3) is 0.704. The van der Waals surface area contributed by atoms with Crippen molar-refractivity contribution in [2.24, 2.45) is 16.2 Å². The normalized spacial score (nSPS) is 22.2. The summed E-state index contributed by atoms with van der Waals surface area (Å²) in [6, 6.07) is 0. The Morgan fingerprint density at radius 1 is 0.517 bits per heavy atom. The number of hydrogen-bond acceptors (Lipinski definition) is 0. The molecule has 29 heavy (non-hydrogen) atoms. The molecule has 0 heterocycles. The topological polar surface area (TPSA) is 0 Å². The molecule has 0 nitrogen and oxygen atoms in total. The van der Waals surface area contributed by atoms with Crippen LogP contribution in [0.3, 0.4) is 0 Å². The van der Waals surface area contributed by atoms with Crippen molar-refractivity contribution in [2.75, 3.05) is 0 Å². The Labute approximate surface area is 203 Å². The molecule has 0 aliphatic heterocycles. The van der Waals surface area contributed by atoms with Gasteiger partial charge in [0, 0.05) is 45.0 Å². The van der Waals surface area contributed by atoms with E-state index in [4.69, 9.17) is 0 Å². The monoisotopic (exact) mass is 480 g/mol. The van der Waals surface area contributed by atoms with Gasteiger partial charge in [0.15, 0.2) is 0 Å². The second-order valence-electron chi connectivity index (χ2n) is 9.38. The summed E-state index contributed by atoms with van der Waals surface area (Å²) in [5.74, 6) is 0. The quantitative estimate of drug-likeness (QED) is 0.353. The predicted octanol–water partition coefficient (Wildman–Crippen LogP) is 8.95. The van der Waals surface area contributed by atoms with E-state index in [2.05, 4.69) is 76.3 Å². The molecule has 0 aromatic heterocycles. The van der Waals surface area contributed by atoms with Gasteiger partial charge in [-0.3, -0.25) is 0 Å². The first-order valence-electron chi connectivity index (χ1n) is 11.8. The molecule has 0 atom stereocenters. The van der Waals surface area contributed by atoms with E-state index in [1.165, 1.54) is 64.2 Å². The minimum atomic E-state index is 0. The van der Waals surface area contributed by atoms with E-state index in [9.17, 15) is 0 Å². The fourth-order valence-corrected chi connectivity index (χ4v) is 5.41. The van der Waals surface area contributed by atoms with Crippen molar-refractivity contribution in [2.45, 2.75) is 105 Å². The standard InChI is InChI=1S/C17H24.2C5H10.2Fe/c1-5-16(11-7-8-12-16)15(3,4)17(6-2)13-9-10-14-17;2*1-2-4-5-3-1;;/h7-14H,5-6H2,1-4H3;2*1-5H2;;. The average molecular weight is 480 g/mol. The van der Waals surface area contributed by atoms with Crippen LogP contribution in [-0.2, 0) is 34.1 Å². The second-order valence-corrected chi connectivity index (χ2v) is 9.38. The van der Waals surface area contributed by atoms with Crippen LogP contribution >= 0.6 is 0 Å². The summed E-state index contributed by atoms with van der Waals surface area (Å²) < 4.78 is 0. The van der Waals surface area contributed by atoms with Crippen LogP contribution in [-0.4, -0.2) is 0 Å².